The molecule has 2 heterocycles. The van der Waals surface area contributed by atoms with E-state index in [4.69, 9.17) is 8.83 Å². The number of carbonyl (C=O) groups is 1. The van der Waals surface area contributed by atoms with Gasteiger partial charge in [-0.3, -0.25) is 4.79 Å². The molecular weight excluding hydrogens is 324 g/mol. The molecule has 1 unspecified atom stereocenters. The van der Waals surface area contributed by atoms with Crippen molar-refractivity contribution in [3.8, 4) is 0 Å². The van der Waals surface area contributed by atoms with Gasteiger partial charge in [-0.25, -0.2) is 4.99 Å². The van der Waals surface area contributed by atoms with Crippen LogP contribution in [0.2, 0.25) is 0 Å². The number of hydrogen-bond acceptors (Lipinski definition) is 5. The minimum Gasteiger partial charge on any atom is -0.466 e. The quantitative estimate of drug-likeness (QED) is 0.322. The Morgan fingerprint density at radius 1 is 1.16 bits per heavy atom. The van der Waals surface area contributed by atoms with E-state index in [1.54, 1.807) is 31.2 Å². The molecule has 1 atom stereocenters. The van der Waals surface area contributed by atoms with Crippen LogP contribution in [0, 0.1) is 0 Å². The molecule has 2 aromatic rings. The average molecular weight is 348 g/mol. The zero-order valence-electron chi connectivity index (χ0n) is 14.4. The van der Waals surface area contributed by atoms with Crippen LogP contribution < -0.4 is 16.0 Å². The normalized spacial score (nSPS) is 14.0. The lowest BCUT2D eigenvalue weighted by Gasteiger charge is -2.19. The number of furan rings is 2. The summed E-state index contributed by atoms with van der Waals surface area (Å²) in [6.07, 6.45) is 2.96. The standard InChI is InChI=1S/C17H24N4O4/c1-3-18-16(21-12-17(2,23)14-7-5-11-25-14)20-9-8-19-15(22)13-6-4-10-24-13/h4-7,10-11,23H,3,8-9,12H2,1-2H3,(H,19,22)(H2,18,20,21). The van der Waals surface area contributed by atoms with E-state index in [0.29, 0.717) is 31.4 Å². The molecule has 4 N–H and O–H groups in total. The third-order valence-corrected chi connectivity index (χ3v) is 3.39. The summed E-state index contributed by atoms with van der Waals surface area (Å²) < 4.78 is 10.3. The van der Waals surface area contributed by atoms with E-state index < -0.39 is 5.60 Å². The van der Waals surface area contributed by atoms with Gasteiger partial charge in [-0.05, 0) is 38.1 Å². The monoisotopic (exact) mass is 348 g/mol. The first-order valence-electron chi connectivity index (χ1n) is 8.13. The number of nitrogens with one attached hydrogen (secondary N) is 3. The Hall–Kier alpha value is -2.74. The highest BCUT2D eigenvalue weighted by molar-refractivity contribution is 5.91. The van der Waals surface area contributed by atoms with Gasteiger partial charge >= 0.3 is 0 Å². The Labute approximate surface area is 146 Å². The van der Waals surface area contributed by atoms with Crippen LogP contribution in [0.25, 0.3) is 0 Å². The molecule has 8 heteroatoms. The fourth-order valence-corrected chi connectivity index (χ4v) is 2.09. The van der Waals surface area contributed by atoms with Crippen molar-refractivity contribution < 1.29 is 18.7 Å². The highest BCUT2D eigenvalue weighted by Gasteiger charge is 2.26. The van der Waals surface area contributed by atoms with Crippen molar-refractivity contribution in [3.63, 3.8) is 0 Å². The molecule has 1 amide bonds. The molecule has 136 valence electrons. The first kappa shape index (κ1) is 18.6. The van der Waals surface area contributed by atoms with Crippen LogP contribution in [0.3, 0.4) is 0 Å². The molecule has 25 heavy (non-hydrogen) atoms. The Morgan fingerprint density at radius 3 is 2.52 bits per heavy atom. The zero-order chi connectivity index (χ0) is 18.1. The fourth-order valence-electron chi connectivity index (χ4n) is 2.09. The minimum absolute atomic E-state index is 0.134. The second-order valence-corrected chi connectivity index (χ2v) is 5.61. The molecule has 0 saturated heterocycles. The molecule has 8 nitrogen and oxygen atoms in total. The van der Waals surface area contributed by atoms with E-state index in [9.17, 15) is 9.90 Å². The topological polar surface area (TPSA) is 112 Å². The molecule has 0 saturated carbocycles. The van der Waals surface area contributed by atoms with Crippen molar-refractivity contribution in [2.75, 3.05) is 26.2 Å². The molecule has 0 aliphatic heterocycles. The molecule has 0 bridgehead atoms. The maximum atomic E-state index is 11.7. The van der Waals surface area contributed by atoms with E-state index >= 15 is 0 Å². The second-order valence-electron chi connectivity index (χ2n) is 5.61. The predicted molar refractivity (Wildman–Crippen MR) is 93.3 cm³/mol. The molecule has 0 aliphatic rings. The lowest BCUT2D eigenvalue weighted by Crippen LogP contribution is -2.42. The maximum Gasteiger partial charge on any atom is 0.287 e. The van der Waals surface area contributed by atoms with E-state index in [2.05, 4.69) is 20.9 Å². The van der Waals surface area contributed by atoms with Crippen LogP contribution in [0.15, 0.2) is 50.6 Å². The molecule has 2 rings (SSSR count). The number of amides is 1. The Bertz CT molecular complexity index is 663. The number of aliphatic hydroxyl groups is 1. The molecule has 2 aromatic heterocycles. The summed E-state index contributed by atoms with van der Waals surface area (Å²) in [6.45, 7) is 5.27. The third-order valence-electron chi connectivity index (χ3n) is 3.39. The number of nitrogens with zero attached hydrogens (tertiary/aromatic N) is 1. The SMILES string of the molecule is CCNC(=NCC(C)(O)c1ccco1)NCCNC(=O)c1ccco1. The Kier molecular flexibility index (Phi) is 6.64. The Morgan fingerprint density at radius 2 is 1.88 bits per heavy atom. The van der Waals surface area contributed by atoms with E-state index in [0.717, 1.165) is 0 Å². The largest absolute Gasteiger partial charge is 0.466 e. The number of hydrogen-bond donors (Lipinski definition) is 4. The van der Waals surface area contributed by atoms with Gasteiger partial charge in [0.25, 0.3) is 5.91 Å². The van der Waals surface area contributed by atoms with Crippen LogP contribution in [0.5, 0.6) is 0 Å². The van der Waals surface area contributed by atoms with Gasteiger partial charge in [0, 0.05) is 19.6 Å². The van der Waals surface area contributed by atoms with Crippen molar-refractivity contribution in [2.24, 2.45) is 4.99 Å². The molecule has 0 aliphatic carbocycles. The number of aliphatic imine (C=N–C) groups is 1. The number of rotatable bonds is 8. The van der Waals surface area contributed by atoms with Crippen molar-refractivity contribution in [2.45, 2.75) is 19.4 Å². The summed E-state index contributed by atoms with van der Waals surface area (Å²) in [7, 11) is 0. The number of carbonyl (C=O) groups excluding carboxylic acids is 1. The van der Waals surface area contributed by atoms with Crippen LogP contribution in [0.4, 0.5) is 0 Å². The summed E-state index contributed by atoms with van der Waals surface area (Å²) in [5.74, 6) is 1.00. The summed E-state index contributed by atoms with van der Waals surface area (Å²) in [4.78, 5) is 16.1. The fraction of sp³-hybridized carbons (Fsp3) is 0.412. The zero-order valence-corrected chi connectivity index (χ0v) is 14.4. The van der Waals surface area contributed by atoms with Crippen molar-refractivity contribution >= 4 is 11.9 Å². The molecule has 0 spiro atoms. The highest BCUT2D eigenvalue weighted by Crippen LogP contribution is 2.20. The molecule has 0 aromatic carbocycles. The lowest BCUT2D eigenvalue weighted by atomic mass is 10.0. The van der Waals surface area contributed by atoms with Crippen LogP contribution >= 0.6 is 0 Å². The summed E-state index contributed by atoms with van der Waals surface area (Å²) in [5.41, 5.74) is -1.20. The molecular formula is C17H24N4O4. The van der Waals surface area contributed by atoms with Crippen molar-refractivity contribution in [1.29, 1.82) is 0 Å². The first-order chi connectivity index (χ1) is 12.0. The smallest absolute Gasteiger partial charge is 0.287 e. The maximum absolute atomic E-state index is 11.7. The van der Waals surface area contributed by atoms with Gasteiger partial charge in [-0.15, -0.1) is 0 Å². The van der Waals surface area contributed by atoms with Gasteiger partial charge in [-0.1, -0.05) is 0 Å². The van der Waals surface area contributed by atoms with Crippen LogP contribution in [-0.4, -0.2) is 43.2 Å². The van der Waals surface area contributed by atoms with E-state index in [-0.39, 0.29) is 18.2 Å². The molecule has 0 fully saturated rings. The van der Waals surface area contributed by atoms with Gasteiger partial charge in [0.05, 0.1) is 19.1 Å². The first-order valence-corrected chi connectivity index (χ1v) is 8.13. The van der Waals surface area contributed by atoms with Gasteiger partial charge in [0.15, 0.2) is 11.7 Å². The predicted octanol–water partition coefficient (Wildman–Crippen LogP) is 1.07. The minimum atomic E-state index is -1.20. The molecule has 0 radical (unpaired) electrons. The third kappa shape index (κ3) is 5.68. The average Bonchev–Trinajstić information content (AvgIpc) is 3.29. The highest BCUT2D eigenvalue weighted by atomic mass is 16.4. The van der Waals surface area contributed by atoms with Gasteiger partial charge in [0.2, 0.25) is 0 Å². The second kappa shape index (κ2) is 8.93. The van der Waals surface area contributed by atoms with Gasteiger partial charge in [-0.2, -0.15) is 0 Å². The summed E-state index contributed by atoms with van der Waals surface area (Å²) in [6, 6.07) is 6.69. The van der Waals surface area contributed by atoms with Crippen molar-refractivity contribution in [3.05, 3.63) is 48.3 Å². The van der Waals surface area contributed by atoms with E-state index in [1.807, 2.05) is 6.92 Å². The lowest BCUT2D eigenvalue weighted by molar-refractivity contribution is 0.0437. The van der Waals surface area contributed by atoms with Gasteiger partial charge < -0.3 is 29.9 Å². The van der Waals surface area contributed by atoms with Crippen molar-refractivity contribution in [1.82, 2.24) is 16.0 Å². The van der Waals surface area contributed by atoms with Gasteiger partial charge in [0.1, 0.15) is 11.4 Å². The van der Waals surface area contributed by atoms with Crippen LogP contribution in [-0.2, 0) is 5.60 Å². The Balaban J connectivity index is 1.80. The number of guanidine groups is 1. The van der Waals surface area contributed by atoms with E-state index in [1.165, 1.54) is 12.5 Å². The summed E-state index contributed by atoms with van der Waals surface area (Å²) in [5, 5.41) is 19.3. The summed E-state index contributed by atoms with van der Waals surface area (Å²) >= 11 is 0. The van der Waals surface area contributed by atoms with Crippen LogP contribution in [0.1, 0.15) is 30.2 Å².